The van der Waals surface area contributed by atoms with Crippen molar-refractivity contribution in [3.63, 3.8) is 0 Å². The molecule has 0 aliphatic rings. The average Bonchev–Trinajstić information content (AvgIpc) is 2.53. The Balaban J connectivity index is 1.94. The lowest BCUT2D eigenvalue weighted by molar-refractivity contribution is 0.281. The monoisotopic (exact) mass is 282 g/mol. The average molecular weight is 282 g/mol. The van der Waals surface area contributed by atoms with Crippen molar-refractivity contribution < 1.29 is 9.47 Å². The van der Waals surface area contributed by atoms with Gasteiger partial charge in [0, 0.05) is 17.6 Å². The van der Waals surface area contributed by atoms with Crippen LogP contribution in [-0.2, 0) is 6.61 Å². The van der Waals surface area contributed by atoms with E-state index in [1.807, 2.05) is 18.2 Å². The van der Waals surface area contributed by atoms with Crippen LogP contribution in [0.25, 0.3) is 10.9 Å². The smallest absolute Gasteiger partial charge is 0.163 e. The number of pyridine rings is 1. The third kappa shape index (κ3) is 2.69. The number of fused-ring (bicyclic) bond motifs is 1. The molecule has 0 atom stereocenters. The minimum atomic E-state index is 0.350. The number of nitrogen functional groups attached to an aromatic ring is 1. The quantitative estimate of drug-likeness (QED) is 0.789. The highest BCUT2D eigenvalue weighted by atomic mass is 16.5. The van der Waals surface area contributed by atoms with Gasteiger partial charge in [-0.15, -0.1) is 0 Å². The van der Waals surface area contributed by atoms with Crippen LogP contribution in [0.5, 0.6) is 11.5 Å². The lowest BCUT2D eigenvalue weighted by atomic mass is 10.2. The number of aromatic nitrogens is 3. The molecule has 0 radical (unpaired) electrons. The molecule has 0 spiro atoms. The zero-order valence-electron chi connectivity index (χ0n) is 11.5. The summed E-state index contributed by atoms with van der Waals surface area (Å²) in [5.41, 5.74) is 7.38. The number of ether oxygens (including phenoxy) is 2. The largest absolute Gasteiger partial charge is 0.493 e. The van der Waals surface area contributed by atoms with E-state index >= 15 is 0 Å². The third-order valence-corrected chi connectivity index (χ3v) is 3.05. The van der Waals surface area contributed by atoms with Gasteiger partial charge in [-0.1, -0.05) is 6.07 Å². The zero-order chi connectivity index (χ0) is 14.7. The molecule has 0 aliphatic heterocycles. The molecule has 2 heterocycles. The van der Waals surface area contributed by atoms with Gasteiger partial charge in [-0.3, -0.25) is 4.98 Å². The van der Waals surface area contributed by atoms with Gasteiger partial charge in [-0.2, -0.15) is 0 Å². The molecule has 0 aliphatic carbocycles. The molecule has 6 heteroatoms. The second-order valence-corrected chi connectivity index (χ2v) is 4.39. The number of hydrogen-bond donors (Lipinski definition) is 1. The van der Waals surface area contributed by atoms with Crippen molar-refractivity contribution in [2.45, 2.75) is 6.61 Å². The maximum Gasteiger partial charge on any atom is 0.163 e. The Morgan fingerprint density at radius 1 is 1.10 bits per heavy atom. The fourth-order valence-corrected chi connectivity index (χ4v) is 1.99. The minimum Gasteiger partial charge on any atom is -0.493 e. The van der Waals surface area contributed by atoms with Crippen LogP contribution in [0.2, 0.25) is 0 Å². The van der Waals surface area contributed by atoms with Crippen molar-refractivity contribution in [2.75, 3.05) is 12.8 Å². The predicted octanol–water partition coefficient (Wildman–Crippen LogP) is 2.19. The highest BCUT2D eigenvalue weighted by Gasteiger charge is 2.10. The lowest BCUT2D eigenvalue weighted by Gasteiger charge is -2.12. The van der Waals surface area contributed by atoms with E-state index < -0.39 is 0 Å². The molecule has 0 amide bonds. The Labute approximate surface area is 121 Å². The molecular weight excluding hydrogens is 268 g/mol. The van der Waals surface area contributed by atoms with Crippen molar-refractivity contribution >= 4 is 16.7 Å². The van der Waals surface area contributed by atoms with Gasteiger partial charge in [0.25, 0.3) is 0 Å². The Kier molecular flexibility index (Phi) is 3.51. The van der Waals surface area contributed by atoms with Crippen molar-refractivity contribution in [3.8, 4) is 11.5 Å². The van der Waals surface area contributed by atoms with Gasteiger partial charge in [0.2, 0.25) is 0 Å². The number of anilines is 1. The normalized spacial score (nSPS) is 10.5. The number of benzene rings is 1. The maximum absolute atomic E-state index is 5.84. The lowest BCUT2D eigenvalue weighted by Crippen LogP contribution is -2.00. The molecule has 21 heavy (non-hydrogen) atoms. The Morgan fingerprint density at radius 3 is 2.76 bits per heavy atom. The van der Waals surface area contributed by atoms with Crippen LogP contribution < -0.4 is 15.2 Å². The fraction of sp³-hybridized carbons (Fsp3) is 0.133. The molecule has 0 unspecified atom stereocenters. The van der Waals surface area contributed by atoms with E-state index in [4.69, 9.17) is 15.2 Å². The first-order chi connectivity index (χ1) is 10.3. The number of rotatable bonds is 4. The van der Waals surface area contributed by atoms with Crippen molar-refractivity contribution in [1.29, 1.82) is 0 Å². The number of nitrogens with zero attached hydrogens (tertiary/aromatic N) is 3. The van der Waals surface area contributed by atoms with Crippen molar-refractivity contribution in [3.05, 3.63) is 48.5 Å². The molecule has 0 fully saturated rings. The van der Waals surface area contributed by atoms with E-state index in [1.165, 1.54) is 6.33 Å². The first-order valence-corrected chi connectivity index (χ1v) is 6.39. The summed E-state index contributed by atoms with van der Waals surface area (Å²) in [5.74, 6) is 1.59. The van der Waals surface area contributed by atoms with E-state index in [0.717, 1.165) is 11.1 Å². The van der Waals surface area contributed by atoms with Gasteiger partial charge in [0.15, 0.2) is 11.5 Å². The summed E-state index contributed by atoms with van der Waals surface area (Å²) in [7, 11) is 1.58. The maximum atomic E-state index is 5.84. The van der Waals surface area contributed by atoms with Crippen molar-refractivity contribution in [1.82, 2.24) is 15.0 Å². The van der Waals surface area contributed by atoms with Crippen LogP contribution in [0.1, 0.15) is 5.69 Å². The Morgan fingerprint density at radius 2 is 2.00 bits per heavy atom. The molecule has 0 saturated heterocycles. The second kappa shape index (κ2) is 5.62. The van der Waals surface area contributed by atoms with Crippen LogP contribution in [0.3, 0.4) is 0 Å². The van der Waals surface area contributed by atoms with E-state index in [-0.39, 0.29) is 0 Å². The van der Waals surface area contributed by atoms with Crippen LogP contribution in [0.15, 0.2) is 42.9 Å². The van der Waals surface area contributed by atoms with Gasteiger partial charge in [0.1, 0.15) is 18.8 Å². The fourth-order valence-electron chi connectivity index (χ4n) is 1.99. The topological polar surface area (TPSA) is 83.2 Å². The molecule has 2 N–H and O–H groups in total. The molecule has 3 rings (SSSR count). The summed E-state index contributed by atoms with van der Waals surface area (Å²) in [6.45, 7) is 0.350. The van der Waals surface area contributed by atoms with Gasteiger partial charge < -0.3 is 15.2 Å². The summed E-state index contributed by atoms with van der Waals surface area (Å²) < 4.78 is 11.1. The summed E-state index contributed by atoms with van der Waals surface area (Å²) in [4.78, 5) is 12.4. The summed E-state index contributed by atoms with van der Waals surface area (Å²) >= 11 is 0. The molecule has 0 saturated carbocycles. The van der Waals surface area contributed by atoms with Gasteiger partial charge >= 0.3 is 0 Å². The third-order valence-electron chi connectivity index (χ3n) is 3.05. The summed E-state index contributed by atoms with van der Waals surface area (Å²) in [6, 6.07) is 9.23. The standard InChI is InChI=1S/C15H14N4O2/c1-20-13-6-11-12(18-9-19-15(11)16)7-14(13)21-8-10-4-2-3-5-17-10/h2-7,9H,8H2,1H3,(H2,16,18,19). The molecule has 0 bridgehead atoms. The molecule has 6 nitrogen and oxygen atoms in total. The molecule has 2 aromatic heterocycles. The van der Waals surface area contributed by atoms with Gasteiger partial charge in [-0.05, 0) is 18.2 Å². The first-order valence-electron chi connectivity index (χ1n) is 6.39. The number of hydrogen-bond acceptors (Lipinski definition) is 6. The van der Waals surface area contributed by atoms with Crippen LogP contribution in [0.4, 0.5) is 5.82 Å². The van der Waals surface area contributed by atoms with Crippen LogP contribution in [0, 0.1) is 0 Å². The predicted molar refractivity (Wildman–Crippen MR) is 79.1 cm³/mol. The molecule has 1 aromatic carbocycles. The van der Waals surface area contributed by atoms with E-state index in [1.54, 1.807) is 25.4 Å². The van der Waals surface area contributed by atoms with E-state index in [9.17, 15) is 0 Å². The number of nitrogens with two attached hydrogens (primary N) is 1. The minimum absolute atomic E-state index is 0.350. The molecular formula is C15H14N4O2. The highest BCUT2D eigenvalue weighted by Crippen LogP contribution is 2.33. The summed E-state index contributed by atoms with van der Waals surface area (Å²) in [5, 5.41) is 0.736. The van der Waals surface area contributed by atoms with Crippen LogP contribution >= 0.6 is 0 Å². The second-order valence-electron chi connectivity index (χ2n) is 4.39. The Bertz CT molecular complexity index is 762. The SMILES string of the molecule is COc1cc2c(N)ncnc2cc1OCc1ccccn1. The van der Waals surface area contributed by atoms with Crippen molar-refractivity contribution in [2.24, 2.45) is 0 Å². The van der Waals surface area contributed by atoms with E-state index in [2.05, 4.69) is 15.0 Å². The van der Waals surface area contributed by atoms with E-state index in [0.29, 0.717) is 29.4 Å². The molecule has 106 valence electrons. The zero-order valence-corrected chi connectivity index (χ0v) is 11.5. The number of methoxy groups -OCH3 is 1. The van der Waals surface area contributed by atoms with Gasteiger partial charge in [-0.25, -0.2) is 9.97 Å². The van der Waals surface area contributed by atoms with Crippen LogP contribution in [-0.4, -0.2) is 22.1 Å². The first kappa shape index (κ1) is 13.1. The molecule has 3 aromatic rings. The Hall–Kier alpha value is -2.89. The van der Waals surface area contributed by atoms with Gasteiger partial charge in [0.05, 0.1) is 18.3 Å². The summed E-state index contributed by atoms with van der Waals surface area (Å²) in [6.07, 6.45) is 3.15. The highest BCUT2D eigenvalue weighted by molar-refractivity contribution is 5.90.